The number of carbonyl (C=O) groups is 2. The van der Waals surface area contributed by atoms with Gasteiger partial charge in [-0.3, -0.25) is 9.59 Å². The van der Waals surface area contributed by atoms with Crippen LogP contribution in [0.15, 0.2) is 18.2 Å². The maximum atomic E-state index is 12.2. The number of amides is 1. The molecule has 8 heteroatoms. The van der Waals surface area contributed by atoms with E-state index in [2.05, 4.69) is 25.5 Å². The summed E-state index contributed by atoms with van der Waals surface area (Å²) in [5, 5.41) is 10.9. The van der Waals surface area contributed by atoms with Crippen LogP contribution >= 0.6 is 0 Å². The Morgan fingerprint density at radius 1 is 1.23 bits per heavy atom. The highest BCUT2D eigenvalue weighted by Crippen LogP contribution is 2.36. The van der Waals surface area contributed by atoms with Gasteiger partial charge in [0.05, 0.1) is 29.0 Å². The number of carbonyl (C=O) groups excluding carboxylic acids is 2. The minimum Gasteiger partial charge on any atom is -0.465 e. The SMILES string of the molecule is CCOC(=O)C1C(=O)Nc2cc3nc(-c4cc(C)nnc4C)[nH]c3cc21. The number of nitrogens with one attached hydrogen (secondary N) is 2. The number of H-pyrrole nitrogens is 1. The lowest BCUT2D eigenvalue weighted by Crippen LogP contribution is -2.22. The molecule has 0 spiro atoms. The molecule has 1 aliphatic heterocycles. The molecule has 1 unspecified atom stereocenters. The summed E-state index contributed by atoms with van der Waals surface area (Å²) in [4.78, 5) is 32.1. The van der Waals surface area contributed by atoms with E-state index >= 15 is 0 Å². The van der Waals surface area contributed by atoms with Gasteiger partial charge in [0.1, 0.15) is 5.82 Å². The van der Waals surface area contributed by atoms with E-state index in [-0.39, 0.29) is 12.5 Å². The van der Waals surface area contributed by atoms with Crippen LogP contribution in [-0.2, 0) is 14.3 Å². The molecule has 132 valence electrons. The fourth-order valence-corrected chi connectivity index (χ4v) is 3.14. The van der Waals surface area contributed by atoms with E-state index in [4.69, 9.17) is 4.74 Å². The van der Waals surface area contributed by atoms with Gasteiger partial charge in [-0.2, -0.15) is 10.2 Å². The maximum absolute atomic E-state index is 12.2. The Balaban J connectivity index is 1.81. The highest BCUT2D eigenvalue weighted by Gasteiger charge is 2.38. The highest BCUT2D eigenvalue weighted by atomic mass is 16.5. The number of anilines is 1. The van der Waals surface area contributed by atoms with E-state index in [0.717, 1.165) is 22.5 Å². The van der Waals surface area contributed by atoms with E-state index in [1.807, 2.05) is 19.9 Å². The molecule has 1 amide bonds. The number of hydrogen-bond donors (Lipinski definition) is 2. The minimum absolute atomic E-state index is 0.224. The third-order valence-electron chi connectivity index (χ3n) is 4.36. The summed E-state index contributed by atoms with van der Waals surface area (Å²) in [6.07, 6.45) is 0. The molecule has 26 heavy (non-hydrogen) atoms. The molecule has 0 fully saturated rings. The number of hydrogen-bond acceptors (Lipinski definition) is 6. The summed E-state index contributed by atoms with van der Waals surface area (Å²) in [5.41, 5.74) is 5.02. The number of fused-ring (bicyclic) bond motifs is 2. The quantitative estimate of drug-likeness (QED) is 0.553. The Morgan fingerprint density at radius 2 is 2.04 bits per heavy atom. The lowest BCUT2D eigenvalue weighted by atomic mass is 10.0. The molecule has 1 aromatic carbocycles. The number of ether oxygens (including phenoxy) is 1. The van der Waals surface area contributed by atoms with Gasteiger partial charge in [-0.15, -0.1) is 0 Å². The standard InChI is InChI=1S/C18H17N5O3/c1-4-26-18(25)15-11-6-13-14(7-12(11)21-17(15)24)20-16(19-13)10-5-8(2)22-23-9(10)3/h5-7,15H,4H2,1-3H3,(H,19,20)(H,21,24). The van der Waals surface area contributed by atoms with Gasteiger partial charge < -0.3 is 15.0 Å². The van der Waals surface area contributed by atoms with Crippen LogP contribution < -0.4 is 5.32 Å². The summed E-state index contributed by atoms with van der Waals surface area (Å²) in [6.45, 7) is 5.67. The summed E-state index contributed by atoms with van der Waals surface area (Å²) >= 11 is 0. The molecule has 3 heterocycles. The van der Waals surface area contributed by atoms with Gasteiger partial charge in [-0.05, 0) is 39.0 Å². The Kier molecular flexibility index (Phi) is 3.68. The molecule has 8 nitrogen and oxygen atoms in total. The van der Waals surface area contributed by atoms with Crippen LogP contribution in [0.5, 0.6) is 0 Å². The number of benzene rings is 1. The smallest absolute Gasteiger partial charge is 0.323 e. The molecule has 4 rings (SSSR count). The van der Waals surface area contributed by atoms with Crippen molar-refractivity contribution in [3.8, 4) is 11.4 Å². The number of rotatable bonds is 3. The zero-order valence-electron chi connectivity index (χ0n) is 14.6. The van der Waals surface area contributed by atoms with Gasteiger partial charge in [0.2, 0.25) is 5.91 Å². The van der Waals surface area contributed by atoms with E-state index in [1.165, 1.54) is 0 Å². The monoisotopic (exact) mass is 351 g/mol. The van der Waals surface area contributed by atoms with Crippen molar-refractivity contribution in [2.75, 3.05) is 11.9 Å². The van der Waals surface area contributed by atoms with Gasteiger partial charge in [0, 0.05) is 16.8 Å². The van der Waals surface area contributed by atoms with Crippen molar-refractivity contribution < 1.29 is 14.3 Å². The molecule has 1 aliphatic rings. The molecule has 0 radical (unpaired) electrons. The van der Waals surface area contributed by atoms with E-state index in [0.29, 0.717) is 22.6 Å². The van der Waals surface area contributed by atoms with Crippen molar-refractivity contribution in [3.05, 3.63) is 35.2 Å². The lowest BCUT2D eigenvalue weighted by molar-refractivity contribution is -0.147. The van der Waals surface area contributed by atoms with Crippen molar-refractivity contribution in [1.82, 2.24) is 20.2 Å². The van der Waals surface area contributed by atoms with Crippen LogP contribution in [0.3, 0.4) is 0 Å². The molecule has 1 atom stereocenters. The summed E-state index contributed by atoms with van der Waals surface area (Å²) < 4.78 is 5.03. The average Bonchev–Trinajstić information content (AvgIpc) is 3.14. The number of aromatic amines is 1. The Bertz CT molecular complexity index is 1060. The molecular formula is C18H17N5O3. The molecule has 3 aromatic rings. The number of imidazole rings is 1. The lowest BCUT2D eigenvalue weighted by Gasteiger charge is -2.07. The third kappa shape index (κ3) is 2.50. The topological polar surface area (TPSA) is 110 Å². The van der Waals surface area contributed by atoms with Gasteiger partial charge in [0.25, 0.3) is 0 Å². The number of aryl methyl sites for hydroxylation is 2. The highest BCUT2D eigenvalue weighted by molar-refractivity contribution is 6.16. The van der Waals surface area contributed by atoms with Gasteiger partial charge >= 0.3 is 5.97 Å². The first-order valence-corrected chi connectivity index (χ1v) is 8.30. The van der Waals surface area contributed by atoms with Gasteiger partial charge in [-0.1, -0.05) is 0 Å². The average molecular weight is 351 g/mol. The number of nitrogens with zero attached hydrogens (tertiary/aromatic N) is 3. The van der Waals surface area contributed by atoms with Crippen molar-refractivity contribution in [2.24, 2.45) is 0 Å². The van der Waals surface area contributed by atoms with E-state index in [9.17, 15) is 9.59 Å². The number of esters is 1. The van der Waals surface area contributed by atoms with Crippen LogP contribution in [-0.4, -0.2) is 38.6 Å². The second-order valence-corrected chi connectivity index (χ2v) is 6.20. The first-order chi connectivity index (χ1) is 12.5. The predicted molar refractivity (Wildman–Crippen MR) is 94.6 cm³/mol. The predicted octanol–water partition coefficient (Wildman–Crippen LogP) is 2.24. The second-order valence-electron chi connectivity index (χ2n) is 6.20. The molecule has 2 aromatic heterocycles. The van der Waals surface area contributed by atoms with Crippen molar-refractivity contribution >= 4 is 28.6 Å². The van der Waals surface area contributed by atoms with Crippen LogP contribution in [0.25, 0.3) is 22.4 Å². The molecule has 0 saturated carbocycles. The van der Waals surface area contributed by atoms with Gasteiger partial charge in [0.15, 0.2) is 5.92 Å². The largest absolute Gasteiger partial charge is 0.465 e. The maximum Gasteiger partial charge on any atom is 0.323 e. The van der Waals surface area contributed by atoms with Crippen LogP contribution in [0.4, 0.5) is 5.69 Å². The van der Waals surface area contributed by atoms with Crippen LogP contribution in [0, 0.1) is 13.8 Å². The fourth-order valence-electron chi connectivity index (χ4n) is 3.14. The molecule has 0 saturated heterocycles. The Hall–Kier alpha value is -3.29. The summed E-state index contributed by atoms with van der Waals surface area (Å²) in [6, 6.07) is 5.45. The summed E-state index contributed by atoms with van der Waals surface area (Å²) in [7, 11) is 0. The first kappa shape index (κ1) is 16.2. The normalized spacial score (nSPS) is 15.8. The van der Waals surface area contributed by atoms with Crippen LogP contribution in [0.1, 0.15) is 29.8 Å². The van der Waals surface area contributed by atoms with Gasteiger partial charge in [-0.25, -0.2) is 4.98 Å². The molecular weight excluding hydrogens is 334 g/mol. The fraction of sp³-hybridized carbons (Fsp3) is 0.278. The first-order valence-electron chi connectivity index (χ1n) is 8.30. The molecule has 2 N–H and O–H groups in total. The van der Waals surface area contributed by atoms with E-state index in [1.54, 1.807) is 19.1 Å². The third-order valence-corrected chi connectivity index (χ3v) is 4.36. The van der Waals surface area contributed by atoms with Crippen LogP contribution in [0.2, 0.25) is 0 Å². The summed E-state index contributed by atoms with van der Waals surface area (Å²) in [5.74, 6) is -1.21. The molecule has 0 bridgehead atoms. The Morgan fingerprint density at radius 3 is 2.81 bits per heavy atom. The second kappa shape index (κ2) is 5.91. The van der Waals surface area contributed by atoms with Crippen molar-refractivity contribution in [3.63, 3.8) is 0 Å². The number of aromatic nitrogens is 4. The zero-order chi connectivity index (χ0) is 18.4. The zero-order valence-corrected chi connectivity index (χ0v) is 14.6. The van der Waals surface area contributed by atoms with E-state index < -0.39 is 11.9 Å². The van der Waals surface area contributed by atoms with Crippen molar-refractivity contribution in [1.29, 1.82) is 0 Å². The Labute approximate surface area is 149 Å². The minimum atomic E-state index is -0.951. The van der Waals surface area contributed by atoms with Crippen molar-refractivity contribution in [2.45, 2.75) is 26.7 Å². The molecule has 0 aliphatic carbocycles.